The predicted molar refractivity (Wildman–Crippen MR) is 112 cm³/mol. The average Bonchev–Trinajstić information content (AvgIpc) is 3.03. The molecule has 29 heavy (non-hydrogen) atoms. The van der Waals surface area contributed by atoms with Crippen LogP contribution in [-0.2, 0) is 17.8 Å². The summed E-state index contributed by atoms with van der Waals surface area (Å²) in [6.07, 6.45) is 7.51. The molecule has 1 amide bonds. The van der Waals surface area contributed by atoms with Crippen molar-refractivity contribution in [3.8, 4) is 0 Å². The molecule has 2 aromatic rings. The first-order valence-corrected chi connectivity index (χ1v) is 10.7. The smallest absolute Gasteiger partial charge is 0.246 e. The number of pyridine rings is 1. The van der Waals surface area contributed by atoms with E-state index in [1.807, 2.05) is 18.6 Å². The largest absolute Gasteiger partial charge is 0.340 e. The van der Waals surface area contributed by atoms with Crippen LogP contribution in [0.25, 0.3) is 0 Å². The molecule has 0 N–H and O–H groups in total. The third-order valence-corrected chi connectivity index (χ3v) is 6.10. The van der Waals surface area contributed by atoms with E-state index in [2.05, 4.69) is 56.2 Å². The summed E-state index contributed by atoms with van der Waals surface area (Å²) >= 11 is 0. The summed E-state index contributed by atoms with van der Waals surface area (Å²) in [7, 11) is 2.13. The van der Waals surface area contributed by atoms with E-state index in [1.165, 1.54) is 0 Å². The van der Waals surface area contributed by atoms with Crippen molar-refractivity contribution < 1.29 is 4.79 Å². The van der Waals surface area contributed by atoms with E-state index in [0.717, 1.165) is 69.1 Å². The van der Waals surface area contributed by atoms with E-state index in [-0.39, 0.29) is 18.0 Å². The summed E-state index contributed by atoms with van der Waals surface area (Å²) in [6, 6.07) is 4.04. The molecule has 0 radical (unpaired) electrons. The summed E-state index contributed by atoms with van der Waals surface area (Å²) < 4.78 is 2.19. The summed E-state index contributed by atoms with van der Waals surface area (Å²) in [4.78, 5) is 29.5. The number of carbonyl (C=O) groups is 1. The van der Waals surface area contributed by atoms with E-state index in [4.69, 9.17) is 0 Å². The first-order valence-electron chi connectivity index (χ1n) is 10.7. The summed E-state index contributed by atoms with van der Waals surface area (Å²) in [5.74, 6) is 0.215. The van der Waals surface area contributed by atoms with Crippen molar-refractivity contribution in [2.24, 2.45) is 0 Å². The Bertz CT molecular complexity index is 833. The number of aromatic nitrogens is 3. The van der Waals surface area contributed by atoms with Crippen LogP contribution in [0.1, 0.15) is 49.3 Å². The number of carbonyl (C=O) groups excluding carboxylic acids is 1. The van der Waals surface area contributed by atoms with Gasteiger partial charge in [-0.3, -0.25) is 14.7 Å². The molecular formula is C22H32N6O. The lowest BCUT2D eigenvalue weighted by molar-refractivity contribution is -0.138. The Hall–Kier alpha value is -2.25. The molecule has 7 nitrogen and oxygen atoms in total. The number of rotatable bonds is 4. The number of imidazole rings is 1. The molecule has 2 aliphatic heterocycles. The molecule has 0 saturated carbocycles. The molecule has 2 aliphatic rings. The highest BCUT2D eigenvalue weighted by Gasteiger charge is 2.39. The fourth-order valence-electron chi connectivity index (χ4n) is 4.47. The zero-order valence-corrected chi connectivity index (χ0v) is 17.8. The topological polar surface area (TPSA) is 57.5 Å². The number of hydrogen-bond acceptors (Lipinski definition) is 5. The van der Waals surface area contributed by atoms with Crippen LogP contribution in [-0.4, -0.2) is 74.9 Å². The Kier molecular flexibility index (Phi) is 5.96. The highest BCUT2D eigenvalue weighted by atomic mass is 16.2. The first kappa shape index (κ1) is 20.0. The molecule has 1 unspecified atom stereocenters. The fourth-order valence-corrected chi connectivity index (χ4v) is 4.47. The van der Waals surface area contributed by atoms with Crippen LogP contribution < -0.4 is 0 Å². The van der Waals surface area contributed by atoms with Gasteiger partial charge >= 0.3 is 0 Å². The van der Waals surface area contributed by atoms with Crippen LogP contribution in [0.5, 0.6) is 0 Å². The normalized spacial score (nSPS) is 21.2. The molecule has 0 aromatic carbocycles. The lowest BCUT2D eigenvalue weighted by Gasteiger charge is -2.38. The van der Waals surface area contributed by atoms with Crippen molar-refractivity contribution >= 4 is 5.91 Å². The zero-order chi connectivity index (χ0) is 20.4. The van der Waals surface area contributed by atoms with Crippen molar-refractivity contribution in [2.75, 3.05) is 39.8 Å². The van der Waals surface area contributed by atoms with Crippen LogP contribution in [0.3, 0.4) is 0 Å². The molecule has 2 aromatic heterocycles. The van der Waals surface area contributed by atoms with Crippen molar-refractivity contribution in [1.82, 2.24) is 29.2 Å². The second-order valence-electron chi connectivity index (χ2n) is 8.54. The number of nitrogens with zero attached hydrogens (tertiary/aromatic N) is 6. The second kappa shape index (κ2) is 8.63. The molecule has 0 aliphatic carbocycles. The maximum absolute atomic E-state index is 13.9. The maximum atomic E-state index is 13.9. The van der Waals surface area contributed by atoms with Crippen molar-refractivity contribution in [3.63, 3.8) is 0 Å². The second-order valence-corrected chi connectivity index (χ2v) is 8.54. The van der Waals surface area contributed by atoms with E-state index in [9.17, 15) is 4.79 Å². The van der Waals surface area contributed by atoms with E-state index < -0.39 is 0 Å². The van der Waals surface area contributed by atoms with E-state index in [0.29, 0.717) is 0 Å². The third kappa shape index (κ3) is 4.21. The van der Waals surface area contributed by atoms with Gasteiger partial charge in [0.05, 0.1) is 17.7 Å². The minimum atomic E-state index is -0.285. The molecule has 1 fully saturated rings. The Morgan fingerprint density at radius 2 is 2.07 bits per heavy atom. The van der Waals surface area contributed by atoms with Gasteiger partial charge in [-0.05, 0) is 45.5 Å². The Morgan fingerprint density at radius 1 is 1.21 bits per heavy atom. The number of fused-ring (bicyclic) bond motifs is 1. The van der Waals surface area contributed by atoms with Gasteiger partial charge < -0.3 is 14.4 Å². The van der Waals surface area contributed by atoms with E-state index in [1.54, 1.807) is 6.20 Å². The highest BCUT2D eigenvalue weighted by molar-refractivity contribution is 5.83. The van der Waals surface area contributed by atoms with Crippen molar-refractivity contribution in [1.29, 1.82) is 0 Å². The van der Waals surface area contributed by atoms with Crippen LogP contribution in [0, 0.1) is 0 Å². The number of likely N-dealkylation sites (N-methyl/N-ethyl adjacent to an activating group) is 1. The van der Waals surface area contributed by atoms with Crippen molar-refractivity contribution in [2.45, 2.75) is 45.3 Å². The van der Waals surface area contributed by atoms with Gasteiger partial charge in [0, 0.05) is 57.6 Å². The molecule has 4 heterocycles. The fraction of sp³-hybridized carbons (Fsp3) is 0.591. The lowest BCUT2D eigenvalue weighted by atomic mass is 9.99. The van der Waals surface area contributed by atoms with Gasteiger partial charge in [-0.2, -0.15) is 0 Å². The quantitative estimate of drug-likeness (QED) is 0.792. The average molecular weight is 397 g/mol. The minimum absolute atomic E-state index is 0.215. The lowest BCUT2D eigenvalue weighted by Crippen LogP contribution is -2.47. The molecule has 0 bridgehead atoms. The highest BCUT2D eigenvalue weighted by Crippen LogP contribution is 2.34. The van der Waals surface area contributed by atoms with E-state index >= 15 is 0 Å². The Morgan fingerprint density at radius 3 is 2.83 bits per heavy atom. The first-order chi connectivity index (χ1) is 14.0. The van der Waals surface area contributed by atoms with Crippen LogP contribution in [0.2, 0.25) is 0 Å². The number of amides is 1. The van der Waals surface area contributed by atoms with Gasteiger partial charge in [0.25, 0.3) is 0 Å². The standard InChI is InChI=1S/C22H32N6O/c1-17(2)28-16-24-19-7-11-27(15-18-6-4-8-23-14-18)21(20(19)28)22(29)26-10-5-9-25(3)12-13-26/h4,6,8,14,16-17,21H,5,7,9-13,15H2,1-3H3. The molecular weight excluding hydrogens is 364 g/mol. The number of hydrogen-bond donors (Lipinski definition) is 0. The van der Waals surface area contributed by atoms with Gasteiger partial charge in [0.15, 0.2) is 0 Å². The van der Waals surface area contributed by atoms with Crippen LogP contribution in [0.15, 0.2) is 30.9 Å². The van der Waals surface area contributed by atoms with Gasteiger partial charge in [-0.1, -0.05) is 6.07 Å². The molecule has 1 atom stereocenters. The Labute approximate surface area is 173 Å². The van der Waals surface area contributed by atoms with Crippen molar-refractivity contribution in [3.05, 3.63) is 47.8 Å². The van der Waals surface area contributed by atoms with Gasteiger partial charge in [0.1, 0.15) is 6.04 Å². The monoisotopic (exact) mass is 396 g/mol. The third-order valence-electron chi connectivity index (χ3n) is 6.10. The van der Waals surface area contributed by atoms with Gasteiger partial charge in [-0.25, -0.2) is 4.98 Å². The minimum Gasteiger partial charge on any atom is -0.340 e. The molecule has 156 valence electrons. The summed E-state index contributed by atoms with van der Waals surface area (Å²) in [5, 5.41) is 0. The molecule has 4 rings (SSSR count). The van der Waals surface area contributed by atoms with Crippen LogP contribution in [0.4, 0.5) is 0 Å². The molecule has 1 saturated heterocycles. The van der Waals surface area contributed by atoms with Gasteiger partial charge in [-0.15, -0.1) is 0 Å². The molecule has 0 spiro atoms. The SMILES string of the molecule is CC(C)n1cnc2c1C(C(=O)N1CCCN(C)CC1)N(Cc1cccnc1)CC2. The summed E-state index contributed by atoms with van der Waals surface area (Å²) in [5.41, 5.74) is 3.30. The Balaban J connectivity index is 1.68. The summed E-state index contributed by atoms with van der Waals surface area (Å²) in [6.45, 7) is 9.46. The van der Waals surface area contributed by atoms with Gasteiger partial charge in [0.2, 0.25) is 5.91 Å². The molecule has 7 heteroatoms. The van der Waals surface area contributed by atoms with Crippen LogP contribution >= 0.6 is 0 Å². The zero-order valence-electron chi connectivity index (χ0n) is 17.8. The maximum Gasteiger partial charge on any atom is 0.246 e. The predicted octanol–water partition coefficient (Wildman–Crippen LogP) is 2.12.